The molecule has 1 aromatic carbocycles. The molecule has 0 saturated carbocycles. The van der Waals surface area contributed by atoms with Gasteiger partial charge in [0.25, 0.3) is 0 Å². The molecule has 0 aliphatic heterocycles. The Hall–Kier alpha value is -2.09. The summed E-state index contributed by atoms with van der Waals surface area (Å²) in [5, 5.41) is 3.56. The summed E-state index contributed by atoms with van der Waals surface area (Å²) in [6, 6.07) is 15.0. The Bertz CT molecular complexity index is 532. The average Bonchev–Trinajstić information content (AvgIpc) is 2.89. The highest BCUT2D eigenvalue weighted by molar-refractivity contribution is 5.74. The van der Waals surface area contributed by atoms with Gasteiger partial charge >= 0.3 is 0 Å². The van der Waals surface area contributed by atoms with Crippen LogP contribution < -0.4 is 5.32 Å². The summed E-state index contributed by atoms with van der Waals surface area (Å²) in [5.41, 5.74) is 3.81. The lowest BCUT2D eigenvalue weighted by Crippen LogP contribution is -2.17. The third kappa shape index (κ3) is 2.28. The second kappa shape index (κ2) is 5.05. The van der Waals surface area contributed by atoms with Crippen LogP contribution in [-0.4, -0.2) is 11.0 Å². The second-order valence-corrected chi connectivity index (χ2v) is 4.54. The maximum atomic E-state index is 4.14. The van der Waals surface area contributed by atoms with Crippen LogP contribution in [0.15, 0.2) is 60.9 Å². The molecule has 0 saturated heterocycles. The lowest BCUT2D eigenvalue weighted by atomic mass is 10.0. The third-order valence-corrected chi connectivity index (χ3v) is 3.30. The minimum absolute atomic E-state index is 0.400. The predicted molar refractivity (Wildman–Crippen MR) is 75.3 cm³/mol. The first-order valence-corrected chi connectivity index (χ1v) is 6.35. The molecule has 0 spiro atoms. The quantitative estimate of drug-likeness (QED) is 0.878. The van der Waals surface area contributed by atoms with Gasteiger partial charge in [-0.2, -0.15) is 0 Å². The van der Waals surface area contributed by atoms with Crippen molar-refractivity contribution in [1.29, 1.82) is 0 Å². The predicted octanol–water partition coefficient (Wildman–Crippen LogP) is 3.74. The summed E-state index contributed by atoms with van der Waals surface area (Å²) in [7, 11) is 0. The summed E-state index contributed by atoms with van der Waals surface area (Å²) < 4.78 is 0. The Morgan fingerprint density at radius 2 is 1.94 bits per heavy atom. The van der Waals surface area contributed by atoms with Crippen molar-refractivity contribution in [3.8, 4) is 0 Å². The van der Waals surface area contributed by atoms with Gasteiger partial charge in [0.2, 0.25) is 0 Å². The smallest absolute Gasteiger partial charge is 0.0531 e. The lowest BCUT2D eigenvalue weighted by molar-refractivity contribution is 0.834. The SMILES string of the molecule is C1=C(c2ccccc2)C(Nc2cccnc2)CC1. The highest BCUT2D eigenvalue weighted by Crippen LogP contribution is 2.30. The van der Waals surface area contributed by atoms with Gasteiger partial charge in [0, 0.05) is 12.4 Å². The van der Waals surface area contributed by atoms with E-state index in [4.69, 9.17) is 0 Å². The fourth-order valence-electron chi connectivity index (χ4n) is 2.45. The summed E-state index contributed by atoms with van der Waals surface area (Å²) >= 11 is 0. The zero-order valence-corrected chi connectivity index (χ0v) is 10.2. The van der Waals surface area contributed by atoms with E-state index in [1.54, 1.807) is 6.20 Å². The molecule has 2 aromatic rings. The van der Waals surface area contributed by atoms with Crippen molar-refractivity contribution >= 4 is 11.3 Å². The van der Waals surface area contributed by atoms with Gasteiger partial charge in [-0.15, -0.1) is 0 Å². The van der Waals surface area contributed by atoms with Gasteiger partial charge in [-0.3, -0.25) is 4.98 Å². The van der Waals surface area contributed by atoms with Gasteiger partial charge < -0.3 is 5.32 Å². The summed E-state index contributed by atoms with van der Waals surface area (Å²) in [6.07, 6.45) is 8.30. The van der Waals surface area contributed by atoms with Crippen molar-refractivity contribution in [2.24, 2.45) is 0 Å². The van der Waals surface area contributed by atoms with E-state index in [2.05, 4.69) is 52.8 Å². The lowest BCUT2D eigenvalue weighted by Gasteiger charge is -2.18. The number of rotatable bonds is 3. The van der Waals surface area contributed by atoms with Crippen LogP contribution in [0.2, 0.25) is 0 Å². The normalized spacial score (nSPS) is 18.4. The number of aromatic nitrogens is 1. The van der Waals surface area contributed by atoms with E-state index in [1.807, 2.05) is 12.3 Å². The van der Waals surface area contributed by atoms with Crippen molar-refractivity contribution in [3.63, 3.8) is 0 Å². The van der Waals surface area contributed by atoms with E-state index < -0.39 is 0 Å². The van der Waals surface area contributed by atoms with Gasteiger partial charge in [0.1, 0.15) is 0 Å². The molecule has 2 heteroatoms. The summed E-state index contributed by atoms with van der Waals surface area (Å²) in [6.45, 7) is 0. The first-order valence-electron chi connectivity index (χ1n) is 6.35. The van der Waals surface area contributed by atoms with Crippen molar-refractivity contribution in [2.75, 3.05) is 5.32 Å². The monoisotopic (exact) mass is 236 g/mol. The minimum Gasteiger partial charge on any atom is -0.377 e. The van der Waals surface area contributed by atoms with Crippen LogP contribution in [0.5, 0.6) is 0 Å². The Labute approximate surface area is 107 Å². The highest BCUT2D eigenvalue weighted by Gasteiger charge is 2.20. The first-order chi connectivity index (χ1) is 8.93. The molecule has 3 rings (SSSR count). The van der Waals surface area contributed by atoms with Gasteiger partial charge in [0.15, 0.2) is 0 Å². The van der Waals surface area contributed by atoms with Gasteiger partial charge in [-0.1, -0.05) is 36.4 Å². The minimum atomic E-state index is 0.400. The third-order valence-electron chi connectivity index (χ3n) is 3.30. The number of hydrogen-bond acceptors (Lipinski definition) is 2. The van der Waals surface area contributed by atoms with Crippen LogP contribution in [-0.2, 0) is 0 Å². The zero-order valence-electron chi connectivity index (χ0n) is 10.2. The van der Waals surface area contributed by atoms with Crippen LogP contribution in [0.25, 0.3) is 5.57 Å². The van der Waals surface area contributed by atoms with E-state index >= 15 is 0 Å². The molecule has 1 N–H and O–H groups in total. The van der Waals surface area contributed by atoms with Crippen molar-refractivity contribution in [2.45, 2.75) is 18.9 Å². The Morgan fingerprint density at radius 3 is 2.72 bits per heavy atom. The van der Waals surface area contributed by atoms with E-state index in [-0.39, 0.29) is 0 Å². The van der Waals surface area contributed by atoms with E-state index in [1.165, 1.54) is 11.1 Å². The van der Waals surface area contributed by atoms with E-state index in [0.29, 0.717) is 6.04 Å². The molecule has 1 aromatic heterocycles. The maximum Gasteiger partial charge on any atom is 0.0531 e. The van der Waals surface area contributed by atoms with Crippen LogP contribution in [0, 0.1) is 0 Å². The summed E-state index contributed by atoms with van der Waals surface area (Å²) in [4.78, 5) is 4.14. The molecule has 90 valence electrons. The Kier molecular flexibility index (Phi) is 3.09. The molecule has 0 amide bonds. The molecular weight excluding hydrogens is 220 g/mol. The number of pyridine rings is 1. The number of hydrogen-bond donors (Lipinski definition) is 1. The molecule has 1 aliphatic carbocycles. The van der Waals surface area contributed by atoms with Crippen molar-refractivity contribution in [1.82, 2.24) is 4.98 Å². The molecule has 0 radical (unpaired) electrons. The zero-order chi connectivity index (χ0) is 12.2. The number of anilines is 1. The van der Waals surface area contributed by atoms with Gasteiger partial charge in [-0.05, 0) is 36.1 Å². The maximum absolute atomic E-state index is 4.14. The van der Waals surface area contributed by atoms with E-state index in [9.17, 15) is 0 Å². The molecule has 18 heavy (non-hydrogen) atoms. The largest absolute Gasteiger partial charge is 0.377 e. The molecule has 1 aliphatic rings. The molecule has 2 nitrogen and oxygen atoms in total. The van der Waals surface area contributed by atoms with Crippen LogP contribution in [0.1, 0.15) is 18.4 Å². The van der Waals surface area contributed by atoms with Gasteiger partial charge in [-0.25, -0.2) is 0 Å². The van der Waals surface area contributed by atoms with Crippen LogP contribution >= 0.6 is 0 Å². The Morgan fingerprint density at radius 1 is 1.06 bits per heavy atom. The van der Waals surface area contributed by atoms with E-state index in [0.717, 1.165) is 18.5 Å². The number of nitrogens with zero attached hydrogens (tertiary/aromatic N) is 1. The summed E-state index contributed by atoms with van der Waals surface area (Å²) in [5.74, 6) is 0. The molecular formula is C16H16N2. The molecule has 1 atom stereocenters. The van der Waals surface area contributed by atoms with Crippen LogP contribution in [0.4, 0.5) is 5.69 Å². The fourth-order valence-corrected chi connectivity index (χ4v) is 2.45. The number of allylic oxidation sites excluding steroid dienone is 1. The average molecular weight is 236 g/mol. The fraction of sp³-hybridized carbons (Fsp3) is 0.188. The Balaban J connectivity index is 1.80. The number of nitrogens with one attached hydrogen (secondary N) is 1. The van der Waals surface area contributed by atoms with Crippen molar-refractivity contribution in [3.05, 3.63) is 66.5 Å². The molecule has 1 unspecified atom stereocenters. The molecule has 0 bridgehead atoms. The second-order valence-electron chi connectivity index (χ2n) is 4.54. The van der Waals surface area contributed by atoms with Crippen LogP contribution in [0.3, 0.4) is 0 Å². The van der Waals surface area contributed by atoms with Crippen molar-refractivity contribution < 1.29 is 0 Å². The highest BCUT2D eigenvalue weighted by atomic mass is 14.9. The molecule has 1 heterocycles. The first kappa shape index (κ1) is 11.0. The molecule has 0 fully saturated rings. The van der Waals surface area contributed by atoms with Gasteiger partial charge in [0.05, 0.1) is 11.7 Å². The standard InChI is InChI=1S/C16H16N2/c1-2-6-13(7-3-1)15-9-4-10-16(15)18-14-8-5-11-17-12-14/h1-3,5-9,11-12,16,18H,4,10H2. The number of benzene rings is 1. The topological polar surface area (TPSA) is 24.9 Å².